The highest BCUT2D eigenvalue weighted by Crippen LogP contribution is 2.19. The van der Waals surface area contributed by atoms with Gasteiger partial charge in [0.2, 0.25) is 0 Å². The monoisotopic (exact) mass is 273 g/mol. The molecule has 0 atom stereocenters. The van der Waals surface area contributed by atoms with Gasteiger partial charge in [0, 0.05) is 25.5 Å². The van der Waals surface area contributed by atoms with Gasteiger partial charge in [0.25, 0.3) is 0 Å². The van der Waals surface area contributed by atoms with Gasteiger partial charge in [-0.2, -0.15) is 11.8 Å². The van der Waals surface area contributed by atoms with Crippen LogP contribution < -0.4 is 10.2 Å². The average molecular weight is 273 g/mol. The number of nitrogens with zero attached hydrogens (tertiary/aromatic N) is 2. The summed E-state index contributed by atoms with van der Waals surface area (Å²) in [5.74, 6) is 1.22. The van der Waals surface area contributed by atoms with E-state index in [-0.39, 0.29) is 0 Å². The second-order valence-corrected chi connectivity index (χ2v) is 5.89. The van der Waals surface area contributed by atoms with Crippen molar-refractivity contribution >= 4 is 28.2 Å². The molecule has 0 saturated carbocycles. The second kappa shape index (κ2) is 8.78. The molecule has 17 heavy (non-hydrogen) atoms. The summed E-state index contributed by atoms with van der Waals surface area (Å²) in [6.07, 6.45) is 4.55. The molecule has 0 spiro atoms. The Balaban J connectivity index is 2.33. The summed E-state index contributed by atoms with van der Waals surface area (Å²) in [6.45, 7) is 5.23. The minimum atomic E-state index is 0.892. The van der Waals surface area contributed by atoms with E-state index in [1.807, 2.05) is 11.8 Å². The molecule has 98 valence electrons. The van der Waals surface area contributed by atoms with Gasteiger partial charge in [-0.1, -0.05) is 6.92 Å². The lowest BCUT2D eigenvalue weighted by molar-refractivity contribution is 0.666. The largest absolute Gasteiger partial charge is 0.351 e. The summed E-state index contributed by atoms with van der Waals surface area (Å²) >= 11 is 3.65. The number of nitrogens with one attached hydrogen (secondary N) is 1. The predicted molar refractivity (Wildman–Crippen MR) is 80.4 cm³/mol. The predicted octanol–water partition coefficient (Wildman–Crippen LogP) is 2.83. The lowest BCUT2D eigenvalue weighted by Gasteiger charge is -2.14. The maximum absolute atomic E-state index is 4.64. The van der Waals surface area contributed by atoms with Crippen LogP contribution in [0.5, 0.6) is 0 Å². The standard InChI is InChI=1S/C12H23N3S2/c1-4-6-13-9-11-10-17-12(14-11)15(2)7-5-8-16-3/h10,13H,4-9H2,1-3H3. The van der Waals surface area contributed by atoms with E-state index in [9.17, 15) is 0 Å². The van der Waals surface area contributed by atoms with Gasteiger partial charge >= 0.3 is 0 Å². The molecule has 0 radical (unpaired) electrons. The molecule has 1 aromatic heterocycles. The normalized spacial score (nSPS) is 10.8. The Hall–Kier alpha value is -0.260. The van der Waals surface area contributed by atoms with Crippen molar-refractivity contribution in [3.05, 3.63) is 11.1 Å². The lowest BCUT2D eigenvalue weighted by Crippen LogP contribution is -2.19. The van der Waals surface area contributed by atoms with Crippen molar-refractivity contribution in [2.24, 2.45) is 0 Å². The van der Waals surface area contributed by atoms with Crippen LogP contribution in [0.15, 0.2) is 5.38 Å². The molecule has 1 heterocycles. The number of anilines is 1. The topological polar surface area (TPSA) is 28.2 Å². The average Bonchev–Trinajstić information content (AvgIpc) is 2.78. The molecular formula is C12H23N3S2. The summed E-state index contributed by atoms with van der Waals surface area (Å²) in [7, 11) is 2.13. The highest BCUT2D eigenvalue weighted by Gasteiger charge is 2.06. The SMILES string of the molecule is CCCNCc1csc(N(C)CCCSC)n1. The highest BCUT2D eigenvalue weighted by molar-refractivity contribution is 7.98. The van der Waals surface area contributed by atoms with E-state index < -0.39 is 0 Å². The van der Waals surface area contributed by atoms with Crippen LogP contribution in [0.2, 0.25) is 0 Å². The minimum Gasteiger partial charge on any atom is -0.351 e. The summed E-state index contributed by atoms with van der Waals surface area (Å²) in [5, 5.41) is 6.67. The molecule has 1 N–H and O–H groups in total. The van der Waals surface area contributed by atoms with Gasteiger partial charge in [-0.15, -0.1) is 11.3 Å². The molecule has 0 amide bonds. The number of thioether (sulfide) groups is 1. The zero-order valence-electron chi connectivity index (χ0n) is 11.0. The molecule has 0 saturated heterocycles. The van der Waals surface area contributed by atoms with Crippen molar-refractivity contribution in [1.82, 2.24) is 10.3 Å². The third-order valence-corrected chi connectivity index (χ3v) is 4.14. The van der Waals surface area contributed by atoms with Gasteiger partial charge in [0.15, 0.2) is 5.13 Å². The maximum Gasteiger partial charge on any atom is 0.185 e. The minimum absolute atomic E-state index is 0.892. The Bertz CT molecular complexity index is 302. The highest BCUT2D eigenvalue weighted by atomic mass is 32.2. The van der Waals surface area contributed by atoms with Gasteiger partial charge in [-0.3, -0.25) is 0 Å². The molecule has 0 aromatic carbocycles. The van der Waals surface area contributed by atoms with E-state index in [0.717, 1.165) is 30.5 Å². The summed E-state index contributed by atoms with van der Waals surface area (Å²) in [4.78, 5) is 6.89. The van der Waals surface area contributed by atoms with Crippen molar-refractivity contribution < 1.29 is 0 Å². The van der Waals surface area contributed by atoms with Crippen molar-refractivity contribution in [2.75, 3.05) is 37.0 Å². The fourth-order valence-corrected chi connectivity index (χ4v) is 2.72. The Morgan fingerprint density at radius 1 is 1.53 bits per heavy atom. The Kier molecular flexibility index (Phi) is 7.64. The summed E-state index contributed by atoms with van der Waals surface area (Å²) in [6, 6.07) is 0. The van der Waals surface area contributed by atoms with Crippen molar-refractivity contribution in [1.29, 1.82) is 0 Å². The lowest BCUT2D eigenvalue weighted by atomic mass is 10.4. The molecule has 5 heteroatoms. The Morgan fingerprint density at radius 2 is 2.35 bits per heavy atom. The first-order chi connectivity index (χ1) is 8.27. The number of aromatic nitrogens is 1. The molecule has 0 unspecified atom stereocenters. The molecule has 3 nitrogen and oxygen atoms in total. The van der Waals surface area contributed by atoms with Crippen LogP contribution in [0.3, 0.4) is 0 Å². The summed E-state index contributed by atoms with van der Waals surface area (Å²) in [5.41, 5.74) is 1.16. The van der Waals surface area contributed by atoms with Gasteiger partial charge in [0.1, 0.15) is 0 Å². The van der Waals surface area contributed by atoms with Crippen LogP contribution in [-0.2, 0) is 6.54 Å². The molecule has 1 rings (SSSR count). The fourth-order valence-electron chi connectivity index (χ4n) is 1.49. The molecule has 0 aliphatic rings. The first-order valence-corrected chi connectivity index (χ1v) is 8.40. The zero-order valence-corrected chi connectivity index (χ0v) is 12.7. The van der Waals surface area contributed by atoms with E-state index in [0.29, 0.717) is 0 Å². The van der Waals surface area contributed by atoms with Gasteiger partial charge in [-0.25, -0.2) is 4.98 Å². The fraction of sp³-hybridized carbons (Fsp3) is 0.750. The van der Waals surface area contributed by atoms with Crippen LogP contribution in [0.25, 0.3) is 0 Å². The van der Waals surface area contributed by atoms with E-state index in [4.69, 9.17) is 0 Å². The first kappa shape index (κ1) is 14.8. The van der Waals surface area contributed by atoms with Crippen molar-refractivity contribution in [3.8, 4) is 0 Å². The van der Waals surface area contributed by atoms with Gasteiger partial charge in [0.05, 0.1) is 5.69 Å². The molecule has 0 fully saturated rings. The van der Waals surface area contributed by atoms with Crippen LogP contribution in [0, 0.1) is 0 Å². The first-order valence-electron chi connectivity index (χ1n) is 6.13. The number of hydrogen-bond acceptors (Lipinski definition) is 5. The third kappa shape index (κ3) is 5.75. The van der Waals surface area contributed by atoms with Gasteiger partial charge < -0.3 is 10.2 Å². The van der Waals surface area contributed by atoms with Gasteiger partial charge in [-0.05, 0) is 31.4 Å². The maximum atomic E-state index is 4.64. The summed E-state index contributed by atoms with van der Waals surface area (Å²) < 4.78 is 0. The van der Waals surface area contributed by atoms with Crippen molar-refractivity contribution in [2.45, 2.75) is 26.3 Å². The molecule has 0 aliphatic heterocycles. The quantitative estimate of drug-likeness (QED) is 0.700. The van der Waals surface area contributed by atoms with E-state index in [1.165, 1.54) is 18.6 Å². The van der Waals surface area contributed by atoms with Crippen LogP contribution in [-0.4, -0.2) is 37.1 Å². The molecular weight excluding hydrogens is 250 g/mol. The Labute approximate surface area is 113 Å². The Morgan fingerprint density at radius 3 is 3.06 bits per heavy atom. The molecule has 0 bridgehead atoms. The zero-order chi connectivity index (χ0) is 12.5. The van der Waals surface area contributed by atoms with Crippen LogP contribution in [0.1, 0.15) is 25.5 Å². The molecule has 1 aromatic rings. The van der Waals surface area contributed by atoms with Crippen LogP contribution >= 0.6 is 23.1 Å². The van der Waals surface area contributed by atoms with E-state index in [1.54, 1.807) is 11.3 Å². The number of thiazole rings is 1. The van der Waals surface area contributed by atoms with E-state index in [2.05, 4.69) is 40.8 Å². The third-order valence-electron chi connectivity index (χ3n) is 2.44. The van der Waals surface area contributed by atoms with Crippen molar-refractivity contribution in [3.63, 3.8) is 0 Å². The molecule has 0 aliphatic carbocycles. The number of hydrogen-bond donors (Lipinski definition) is 1. The number of rotatable bonds is 9. The van der Waals surface area contributed by atoms with E-state index >= 15 is 0 Å². The van der Waals surface area contributed by atoms with Crippen LogP contribution in [0.4, 0.5) is 5.13 Å². The second-order valence-electron chi connectivity index (χ2n) is 4.07. The smallest absolute Gasteiger partial charge is 0.185 e.